The predicted octanol–water partition coefficient (Wildman–Crippen LogP) is 2.14. The third-order valence-electron chi connectivity index (χ3n) is 3.10. The van der Waals surface area contributed by atoms with Gasteiger partial charge in [0, 0.05) is 29.2 Å². The van der Waals surface area contributed by atoms with Crippen LogP contribution in [0, 0.1) is 0 Å². The van der Waals surface area contributed by atoms with Crippen molar-refractivity contribution in [1.29, 1.82) is 0 Å². The molecule has 2 heterocycles. The first-order valence-electron chi connectivity index (χ1n) is 6.27. The third kappa shape index (κ3) is 3.15. The molecule has 20 heavy (non-hydrogen) atoms. The number of hydrazine groups is 1. The summed E-state index contributed by atoms with van der Waals surface area (Å²) >= 11 is 1.69. The molecule has 0 radical (unpaired) electrons. The van der Waals surface area contributed by atoms with E-state index < -0.39 is 0 Å². The largest absolute Gasteiger partial charge is 0.351 e. The Balaban J connectivity index is 2.06. The molecule has 2 aromatic rings. The molecule has 1 amide bonds. The second kappa shape index (κ2) is 6.02. The van der Waals surface area contributed by atoms with Crippen LogP contribution in [0.2, 0.25) is 0 Å². The molecule has 0 aromatic carbocycles. The van der Waals surface area contributed by atoms with Crippen LogP contribution < -0.4 is 16.6 Å². The summed E-state index contributed by atoms with van der Waals surface area (Å²) < 4.78 is 0. The highest BCUT2D eigenvalue weighted by Crippen LogP contribution is 2.26. The molecule has 0 saturated carbocycles. The molecule has 2 rings (SSSR count). The van der Waals surface area contributed by atoms with Gasteiger partial charge in [0.05, 0.1) is 11.3 Å². The van der Waals surface area contributed by atoms with E-state index >= 15 is 0 Å². The van der Waals surface area contributed by atoms with Crippen LogP contribution in [-0.2, 0) is 5.41 Å². The molecule has 106 valence electrons. The summed E-state index contributed by atoms with van der Waals surface area (Å²) in [5.41, 5.74) is 3.40. The lowest BCUT2D eigenvalue weighted by molar-refractivity contribution is 0.0946. The molecule has 0 spiro atoms. The zero-order chi connectivity index (χ0) is 14.6. The van der Waals surface area contributed by atoms with Crippen LogP contribution in [0.3, 0.4) is 0 Å². The van der Waals surface area contributed by atoms with Crippen molar-refractivity contribution in [2.75, 3.05) is 12.0 Å². The molecule has 5 nitrogen and oxygen atoms in total. The van der Waals surface area contributed by atoms with Crippen molar-refractivity contribution in [1.82, 2.24) is 10.3 Å². The third-order valence-corrected chi connectivity index (χ3v) is 4.34. The molecule has 4 N–H and O–H groups in total. The number of hydrogen-bond acceptors (Lipinski definition) is 5. The Morgan fingerprint density at radius 2 is 2.25 bits per heavy atom. The summed E-state index contributed by atoms with van der Waals surface area (Å²) in [6, 6.07) is 5.76. The monoisotopic (exact) mass is 290 g/mol. The van der Waals surface area contributed by atoms with Gasteiger partial charge in [-0.3, -0.25) is 15.6 Å². The van der Waals surface area contributed by atoms with E-state index in [9.17, 15) is 4.79 Å². The zero-order valence-electron chi connectivity index (χ0n) is 11.5. The fourth-order valence-electron chi connectivity index (χ4n) is 1.85. The Morgan fingerprint density at radius 1 is 1.45 bits per heavy atom. The summed E-state index contributed by atoms with van der Waals surface area (Å²) in [5, 5.41) is 4.97. The SMILES string of the molecule is CC(C)(CNC(=O)c1cnccc1NN)c1cccs1. The van der Waals surface area contributed by atoms with E-state index in [1.165, 1.54) is 11.1 Å². The molecule has 0 fully saturated rings. The molecule has 2 aromatic heterocycles. The minimum absolute atomic E-state index is 0.109. The van der Waals surface area contributed by atoms with E-state index in [0.29, 0.717) is 17.8 Å². The van der Waals surface area contributed by atoms with Crippen LogP contribution in [0.1, 0.15) is 29.1 Å². The quantitative estimate of drug-likeness (QED) is 0.582. The van der Waals surface area contributed by atoms with Crippen molar-refractivity contribution >= 4 is 22.9 Å². The molecule has 0 saturated heterocycles. The summed E-state index contributed by atoms with van der Waals surface area (Å²) in [6.07, 6.45) is 3.09. The van der Waals surface area contributed by atoms with Crippen molar-refractivity contribution in [3.8, 4) is 0 Å². The van der Waals surface area contributed by atoms with E-state index in [2.05, 4.69) is 35.6 Å². The second-order valence-corrected chi connectivity index (χ2v) is 6.06. The van der Waals surface area contributed by atoms with Gasteiger partial charge >= 0.3 is 0 Å². The first-order chi connectivity index (χ1) is 9.54. The van der Waals surface area contributed by atoms with Gasteiger partial charge in [-0.05, 0) is 17.5 Å². The number of rotatable bonds is 5. The molecular formula is C14H18N4OS. The zero-order valence-corrected chi connectivity index (χ0v) is 12.3. The summed E-state index contributed by atoms with van der Waals surface area (Å²) in [7, 11) is 0. The smallest absolute Gasteiger partial charge is 0.255 e. The highest BCUT2D eigenvalue weighted by Gasteiger charge is 2.23. The van der Waals surface area contributed by atoms with Crippen LogP contribution >= 0.6 is 11.3 Å². The molecule has 0 bridgehead atoms. The fraction of sp³-hybridized carbons (Fsp3) is 0.286. The maximum Gasteiger partial charge on any atom is 0.255 e. The number of nitrogen functional groups attached to an aromatic ring is 1. The van der Waals surface area contributed by atoms with Crippen LogP contribution in [0.4, 0.5) is 5.69 Å². The molecule has 0 unspecified atom stereocenters. The van der Waals surface area contributed by atoms with Gasteiger partial charge in [0.15, 0.2) is 0 Å². The summed E-state index contributed by atoms with van der Waals surface area (Å²) in [5.74, 6) is 5.21. The van der Waals surface area contributed by atoms with E-state index in [0.717, 1.165) is 0 Å². The van der Waals surface area contributed by atoms with Gasteiger partial charge in [-0.2, -0.15) is 0 Å². The van der Waals surface area contributed by atoms with Gasteiger partial charge in [-0.25, -0.2) is 0 Å². The average Bonchev–Trinajstić information content (AvgIpc) is 3.00. The van der Waals surface area contributed by atoms with Crippen molar-refractivity contribution in [3.05, 3.63) is 46.4 Å². The van der Waals surface area contributed by atoms with Crippen molar-refractivity contribution < 1.29 is 4.79 Å². The lowest BCUT2D eigenvalue weighted by atomic mass is 9.91. The molecular weight excluding hydrogens is 272 g/mol. The van der Waals surface area contributed by atoms with E-state index in [1.54, 1.807) is 23.6 Å². The summed E-state index contributed by atoms with van der Waals surface area (Å²) in [6.45, 7) is 4.75. The molecule has 0 aliphatic heterocycles. The van der Waals surface area contributed by atoms with E-state index in [4.69, 9.17) is 5.84 Å². The predicted molar refractivity (Wildman–Crippen MR) is 81.7 cm³/mol. The van der Waals surface area contributed by atoms with Crippen LogP contribution in [0.5, 0.6) is 0 Å². The van der Waals surface area contributed by atoms with Crippen LogP contribution in [-0.4, -0.2) is 17.4 Å². The van der Waals surface area contributed by atoms with E-state index in [1.807, 2.05) is 11.4 Å². The number of amides is 1. The number of nitrogens with zero attached hydrogens (tertiary/aromatic N) is 1. The first-order valence-corrected chi connectivity index (χ1v) is 7.15. The number of carbonyl (C=O) groups excluding carboxylic acids is 1. The van der Waals surface area contributed by atoms with Crippen LogP contribution in [0.15, 0.2) is 36.0 Å². The Kier molecular flexibility index (Phi) is 4.36. The molecule has 0 aliphatic carbocycles. The molecule has 0 atom stereocenters. The van der Waals surface area contributed by atoms with Crippen LogP contribution in [0.25, 0.3) is 0 Å². The Hall–Kier alpha value is -1.92. The summed E-state index contributed by atoms with van der Waals surface area (Å²) in [4.78, 5) is 17.4. The number of nitrogens with two attached hydrogens (primary N) is 1. The number of pyridine rings is 1. The number of aromatic nitrogens is 1. The normalized spacial score (nSPS) is 11.2. The number of thiophene rings is 1. The molecule has 6 heteroatoms. The Bertz CT molecular complexity index is 581. The lowest BCUT2D eigenvalue weighted by Crippen LogP contribution is -2.36. The lowest BCUT2D eigenvalue weighted by Gasteiger charge is -2.23. The number of hydrogen-bond donors (Lipinski definition) is 3. The van der Waals surface area contributed by atoms with Gasteiger partial charge in [-0.1, -0.05) is 19.9 Å². The van der Waals surface area contributed by atoms with Crippen molar-refractivity contribution in [2.24, 2.45) is 5.84 Å². The van der Waals surface area contributed by atoms with Gasteiger partial charge < -0.3 is 10.7 Å². The van der Waals surface area contributed by atoms with Crippen molar-refractivity contribution in [3.63, 3.8) is 0 Å². The van der Waals surface area contributed by atoms with Gasteiger partial charge in [-0.15, -0.1) is 11.3 Å². The number of nitrogens with one attached hydrogen (secondary N) is 2. The highest BCUT2D eigenvalue weighted by atomic mass is 32.1. The van der Waals surface area contributed by atoms with E-state index in [-0.39, 0.29) is 11.3 Å². The maximum atomic E-state index is 12.2. The first kappa shape index (κ1) is 14.5. The Labute approximate surface area is 122 Å². The number of carbonyl (C=O) groups is 1. The minimum Gasteiger partial charge on any atom is -0.351 e. The van der Waals surface area contributed by atoms with Gasteiger partial charge in [0.25, 0.3) is 5.91 Å². The highest BCUT2D eigenvalue weighted by molar-refractivity contribution is 7.10. The van der Waals surface area contributed by atoms with Crippen molar-refractivity contribution in [2.45, 2.75) is 19.3 Å². The average molecular weight is 290 g/mol. The maximum absolute atomic E-state index is 12.2. The van der Waals surface area contributed by atoms with Gasteiger partial charge in [0.2, 0.25) is 0 Å². The standard InChI is InChI=1S/C14H18N4OS/c1-14(2,12-4-3-7-20-12)9-17-13(19)10-8-16-6-5-11(10)18-15/h3-8H,9,15H2,1-2H3,(H,16,18)(H,17,19). The van der Waals surface area contributed by atoms with Gasteiger partial charge in [0.1, 0.15) is 0 Å². The minimum atomic E-state index is -0.185. The number of anilines is 1. The molecule has 0 aliphatic rings. The Morgan fingerprint density at radius 3 is 2.90 bits per heavy atom. The fourth-order valence-corrected chi connectivity index (χ4v) is 2.70. The second-order valence-electron chi connectivity index (χ2n) is 5.11. The topological polar surface area (TPSA) is 80.0 Å².